The molecule has 0 radical (unpaired) electrons. The summed E-state index contributed by atoms with van der Waals surface area (Å²) in [6, 6.07) is 0. The molecule has 0 aliphatic rings. The zero-order valence-corrected chi connectivity index (χ0v) is 7.51. The number of nitrogens with zero attached hydrogens (tertiary/aromatic N) is 1. The van der Waals surface area contributed by atoms with E-state index in [1.54, 1.807) is 0 Å². The lowest BCUT2D eigenvalue weighted by atomic mass is 10.5. The van der Waals surface area contributed by atoms with Crippen LogP contribution in [0.4, 0.5) is 0 Å². The summed E-state index contributed by atoms with van der Waals surface area (Å²) in [7, 11) is 1.37. The first-order valence-electron chi connectivity index (χ1n) is 2.81. The maximum absolute atomic E-state index is 10.7. The maximum Gasteiger partial charge on any atom is 0.456 e. The predicted octanol–water partition coefficient (Wildman–Crippen LogP) is 0.818. The van der Waals surface area contributed by atoms with E-state index >= 15 is 0 Å². The fourth-order valence-corrected chi connectivity index (χ4v) is 1.33. The van der Waals surface area contributed by atoms with Crippen molar-refractivity contribution in [2.75, 3.05) is 14.2 Å². The van der Waals surface area contributed by atoms with Gasteiger partial charge in [-0.1, -0.05) is 0 Å². The molecule has 0 bridgehead atoms. The fraction of sp³-hybridized carbons (Fsp3) is 0.600. The van der Waals surface area contributed by atoms with Gasteiger partial charge in [0, 0.05) is 21.1 Å². The largest absolute Gasteiger partial charge is 0.456 e. The van der Waals surface area contributed by atoms with Crippen LogP contribution < -0.4 is 0 Å². The van der Waals surface area contributed by atoms with Crippen molar-refractivity contribution in [3.8, 4) is 0 Å². The second kappa shape index (κ2) is 5.10. The van der Waals surface area contributed by atoms with Crippen LogP contribution in [-0.4, -0.2) is 30.2 Å². The van der Waals surface area contributed by atoms with E-state index in [9.17, 15) is 4.79 Å². The summed E-state index contributed by atoms with van der Waals surface area (Å²) in [6.45, 7) is 1.32. The number of Topliss-reactive ketones (excluding diaryl/α,β-unsaturated/α-hetero) is 1. The molecule has 0 heterocycles. The Morgan fingerprint density at radius 2 is 1.91 bits per heavy atom. The minimum atomic E-state index is -1.45. The highest BCUT2D eigenvalue weighted by Gasteiger charge is 2.32. The number of hydrogen-bond donors (Lipinski definition) is 1. The van der Waals surface area contributed by atoms with E-state index in [1.165, 1.54) is 21.1 Å². The number of hydrogen-bond acceptors (Lipinski definition) is 4. The topological polar surface area (TPSA) is 73.5 Å². The van der Waals surface area contributed by atoms with Crippen molar-refractivity contribution >= 4 is 19.6 Å². The van der Waals surface area contributed by atoms with E-state index < -0.39 is 8.38 Å². The summed E-state index contributed by atoms with van der Waals surface area (Å²) in [5, 5.41) is 0. The molecule has 0 fully saturated rings. The molecule has 0 aromatic heterocycles. The van der Waals surface area contributed by atoms with Crippen LogP contribution in [0.5, 0.6) is 0 Å². The van der Waals surface area contributed by atoms with Crippen molar-refractivity contribution in [3.05, 3.63) is 0 Å². The van der Waals surface area contributed by atoms with Gasteiger partial charge in [-0.05, 0) is 0 Å². The second-order valence-corrected chi connectivity index (χ2v) is 3.28. The SMILES string of the molecule is COP(OC)C(=[N+]=N)C(C)=O. The molecule has 0 rings (SSSR count). The molecule has 0 aromatic rings. The van der Waals surface area contributed by atoms with Crippen LogP contribution in [0.2, 0.25) is 0 Å². The Bertz CT molecular complexity index is 196. The molecular weight excluding hydrogens is 167 g/mol. The Balaban J connectivity index is 4.49. The Morgan fingerprint density at radius 3 is 2.00 bits per heavy atom. The molecule has 0 amide bonds. The third-order valence-corrected chi connectivity index (χ3v) is 2.35. The van der Waals surface area contributed by atoms with Crippen LogP contribution in [0.1, 0.15) is 6.92 Å². The van der Waals surface area contributed by atoms with Gasteiger partial charge in [0.2, 0.25) is 0 Å². The van der Waals surface area contributed by atoms with E-state index in [0.29, 0.717) is 0 Å². The van der Waals surface area contributed by atoms with Gasteiger partial charge in [0.1, 0.15) is 0 Å². The first-order valence-corrected chi connectivity index (χ1v) is 3.98. The average molecular weight is 177 g/mol. The number of carbonyl (C=O) groups is 1. The molecule has 6 heteroatoms. The van der Waals surface area contributed by atoms with Crippen LogP contribution in [0.3, 0.4) is 0 Å². The monoisotopic (exact) mass is 177 g/mol. The van der Waals surface area contributed by atoms with Crippen molar-refractivity contribution in [1.82, 2.24) is 0 Å². The summed E-state index contributed by atoms with van der Waals surface area (Å²) in [4.78, 5) is 13.8. The van der Waals surface area contributed by atoms with Gasteiger partial charge in [-0.2, -0.15) is 0 Å². The van der Waals surface area contributed by atoms with E-state index in [2.05, 4.69) is 4.79 Å². The molecule has 0 aliphatic carbocycles. The molecule has 62 valence electrons. The van der Waals surface area contributed by atoms with Crippen LogP contribution in [-0.2, 0) is 13.8 Å². The summed E-state index contributed by atoms with van der Waals surface area (Å²) in [5.74, 6) is -0.296. The Labute approximate surface area is 65.8 Å². The normalized spacial score (nSPS) is 9.45. The average Bonchev–Trinajstić information content (AvgIpc) is 1.99. The van der Waals surface area contributed by atoms with E-state index in [-0.39, 0.29) is 11.2 Å². The molecule has 0 aliphatic heterocycles. The Morgan fingerprint density at radius 1 is 1.45 bits per heavy atom. The third-order valence-electron chi connectivity index (χ3n) is 0.925. The molecule has 0 spiro atoms. The van der Waals surface area contributed by atoms with Crippen molar-refractivity contribution < 1.29 is 18.6 Å². The van der Waals surface area contributed by atoms with Gasteiger partial charge in [-0.15, -0.1) is 0 Å². The number of nitrogens with one attached hydrogen (secondary N) is 1. The highest BCUT2D eigenvalue weighted by Crippen LogP contribution is 2.36. The summed E-state index contributed by atoms with van der Waals surface area (Å²) in [5.41, 5.74) is 6.68. The zero-order valence-electron chi connectivity index (χ0n) is 6.62. The van der Waals surface area contributed by atoms with Crippen LogP contribution in [0, 0.1) is 5.53 Å². The maximum atomic E-state index is 10.7. The Hall–Kier alpha value is -0.600. The fourth-order valence-electron chi connectivity index (χ4n) is 0.496. The van der Waals surface area contributed by atoms with Crippen LogP contribution in [0.15, 0.2) is 0 Å². The third kappa shape index (κ3) is 2.87. The van der Waals surface area contributed by atoms with E-state index in [1.807, 2.05) is 0 Å². The van der Waals surface area contributed by atoms with Gasteiger partial charge in [-0.25, -0.2) is 0 Å². The van der Waals surface area contributed by atoms with Crippen LogP contribution in [0.25, 0.3) is 0 Å². The molecular formula is C5H10N2O3P+. The van der Waals surface area contributed by atoms with E-state index in [0.717, 1.165) is 0 Å². The van der Waals surface area contributed by atoms with Crippen molar-refractivity contribution in [2.45, 2.75) is 6.92 Å². The van der Waals surface area contributed by atoms with Gasteiger partial charge in [0.25, 0.3) is 5.78 Å². The number of ketones is 1. The van der Waals surface area contributed by atoms with Crippen molar-refractivity contribution in [1.29, 1.82) is 5.53 Å². The van der Waals surface area contributed by atoms with Gasteiger partial charge in [-0.3, -0.25) is 4.79 Å². The standard InChI is InChI=1S/C5H10N2O3P/c1-4(8)5(7-6)11(9-2)10-3/h6H,1-3H3/q+1. The highest BCUT2D eigenvalue weighted by molar-refractivity contribution is 7.69. The molecule has 0 unspecified atom stereocenters. The van der Waals surface area contributed by atoms with Gasteiger partial charge in [0.15, 0.2) is 0 Å². The predicted molar refractivity (Wildman–Crippen MR) is 39.6 cm³/mol. The molecule has 0 saturated carbocycles. The number of carbonyl (C=O) groups excluding carboxylic acids is 1. The lowest BCUT2D eigenvalue weighted by Gasteiger charge is -2.01. The number of rotatable bonds is 4. The van der Waals surface area contributed by atoms with Crippen LogP contribution >= 0.6 is 8.38 Å². The van der Waals surface area contributed by atoms with Gasteiger partial charge >= 0.3 is 13.8 Å². The minimum absolute atomic E-state index is 0.0324. The zero-order chi connectivity index (χ0) is 8.85. The summed E-state index contributed by atoms with van der Waals surface area (Å²) in [6.07, 6.45) is 0. The lowest BCUT2D eigenvalue weighted by Crippen LogP contribution is -2.10. The summed E-state index contributed by atoms with van der Waals surface area (Å²) >= 11 is 0. The highest BCUT2D eigenvalue weighted by atomic mass is 31.2. The van der Waals surface area contributed by atoms with Gasteiger partial charge in [0.05, 0.1) is 10.3 Å². The molecule has 1 N–H and O–H groups in total. The minimum Gasteiger partial charge on any atom is -0.329 e. The molecule has 0 saturated heterocycles. The smallest absolute Gasteiger partial charge is 0.329 e. The quantitative estimate of drug-likeness (QED) is 0.299. The van der Waals surface area contributed by atoms with Gasteiger partial charge < -0.3 is 9.05 Å². The first-order chi connectivity index (χ1) is 5.17. The molecule has 5 nitrogen and oxygen atoms in total. The lowest BCUT2D eigenvalue weighted by molar-refractivity contribution is -0.132. The Kier molecular flexibility index (Phi) is 4.83. The first kappa shape index (κ1) is 10.4. The molecule has 0 aromatic carbocycles. The second-order valence-electron chi connectivity index (χ2n) is 1.61. The summed E-state index contributed by atoms with van der Waals surface area (Å²) < 4.78 is 9.57. The molecule has 0 atom stereocenters. The van der Waals surface area contributed by atoms with Crippen molar-refractivity contribution in [3.63, 3.8) is 0 Å². The van der Waals surface area contributed by atoms with E-state index in [4.69, 9.17) is 14.6 Å². The van der Waals surface area contributed by atoms with Crippen molar-refractivity contribution in [2.24, 2.45) is 0 Å². The molecule has 11 heavy (non-hydrogen) atoms.